The minimum absolute atomic E-state index is 0.0182. The van der Waals surface area contributed by atoms with E-state index in [1.807, 2.05) is 36.1 Å². The highest BCUT2D eigenvalue weighted by Crippen LogP contribution is 2.35. The third kappa shape index (κ3) is 2.46. The molecule has 0 spiro atoms. The molecular weight excluding hydrogens is 244 g/mol. The van der Waals surface area contributed by atoms with Crippen LogP contribution in [0.15, 0.2) is 24.3 Å². The first-order valence-electron chi connectivity index (χ1n) is 9.88. The molecule has 1 aromatic carbocycles. The third-order valence-corrected chi connectivity index (χ3v) is 5.04. The zero-order chi connectivity index (χ0) is 17.5. The summed E-state index contributed by atoms with van der Waals surface area (Å²) in [5.41, 5.74) is 2.01. The molecule has 0 amide bonds. The number of para-hydroxylation sites is 1. The van der Waals surface area contributed by atoms with E-state index < -0.39 is 13.0 Å². The lowest BCUT2D eigenvalue weighted by atomic mass is 9.82. The Kier molecular flexibility index (Phi) is 2.84. The maximum absolute atomic E-state index is 8.65. The molecule has 1 aliphatic carbocycles. The van der Waals surface area contributed by atoms with Gasteiger partial charge in [0.25, 0.3) is 0 Å². The predicted octanol–water partition coefficient (Wildman–Crippen LogP) is 4.09. The van der Waals surface area contributed by atoms with Crippen molar-refractivity contribution in [3.63, 3.8) is 0 Å². The van der Waals surface area contributed by atoms with Crippen LogP contribution < -0.4 is 10.2 Å². The van der Waals surface area contributed by atoms with Crippen LogP contribution in [0.1, 0.15) is 55.6 Å². The van der Waals surface area contributed by atoms with Crippen molar-refractivity contribution < 1.29 is 5.52 Å². The molecule has 2 unspecified atom stereocenters. The standard InChI is InChI=1S/C18H28N2/c1-13-9-7-8-12-17(13)20-14(2)18(19-15(20)3)16-10-5-4-6-11-16/h7-9,12,14-16,18-19H,4-6,10-11H2,1-3H3/t14-,15?,18?/m0/s1/i3D3/hD. The smallest absolute Gasteiger partial charge is 0.125 e. The monoisotopic (exact) mass is 276 g/mol. The molecule has 3 atom stereocenters. The molecule has 110 valence electrons. The van der Waals surface area contributed by atoms with Gasteiger partial charge in [-0.05, 0) is 51.1 Å². The Hall–Kier alpha value is -1.02. The van der Waals surface area contributed by atoms with E-state index >= 15 is 0 Å². The molecule has 1 N–H and O–H groups in total. The molecule has 2 heteroatoms. The molecule has 2 nitrogen and oxygen atoms in total. The van der Waals surface area contributed by atoms with Crippen LogP contribution in [-0.4, -0.2) is 18.2 Å². The molecule has 0 radical (unpaired) electrons. The summed E-state index contributed by atoms with van der Waals surface area (Å²) in [6.45, 7) is 1.90. The van der Waals surface area contributed by atoms with E-state index in [9.17, 15) is 0 Å². The Labute approximate surface area is 129 Å². The quantitative estimate of drug-likeness (QED) is 0.875. The van der Waals surface area contributed by atoms with Crippen molar-refractivity contribution in [3.8, 4) is 0 Å². The van der Waals surface area contributed by atoms with E-state index in [1.165, 1.54) is 24.6 Å². The van der Waals surface area contributed by atoms with Crippen molar-refractivity contribution in [2.24, 2.45) is 5.92 Å². The van der Waals surface area contributed by atoms with Gasteiger partial charge in [-0.2, -0.15) is 0 Å². The molecule has 1 aromatic rings. The lowest BCUT2D eigenvalue weighted by Crippen LogP contribution is -2.40. The molecule has 20 heavy (non-hydrogen) atoms. The second kappa shape index (κ2) is 5.77. The van der Waals surface area contributed by atoms with Crippen molar-refractivity contribution in [2.45, 2.75) is 71.1 Å². The van der Waals surface area contributed by atoms with Gasteiger partial charge in [0, 0.05) is 21.9 Å². The normalized spacial score (nSPS) is 36.3. The Morgan fingerprint density at radius 1 is 1.25 bits per heavy atom. The van der Waals surface area contributed by atoms with Crippen LogP contribution in [0.25, 0.3) is 0 Å². The maximum atomic E-state index is 8.65. The summed E-state index contributed by atoms with van der Waals surface area (Å²) in [5, 5.41) is 1.40. The van der Waals surface area contributed by atoms with E-state index in [2.05, 4.69) is 6.92 Å². The fraction of sp³-hybridized carbons (Fsp3) is 0.667. The second-order valence-electron chi connectivity index (χ2n) is 6.35. The Balaban J connectivity index is 2.00. The van der Waals surface area contributed by atoms with Gasteiger partial charge in [0.05, 0.1) is 6.17 Å². The molecule has 1 heterocycles. The molecule has 1 saturated carbocycles. The first-order chi connectivity index (χ1) is 11.3. The summed E-state index contributed by atoms with van der Waals surface area (Å²) < 4.78 is 32.8. The Morgan fingerprint density at radius 2 is 2.00 bits per heavy atom. The minimum atomic E-state index is -2.21. The highest BCUT2D eigenvalue weighted by atomic mass is 15.4. The maximum Gasteiger partial charge on any atom is 0.125 e. The highest BCUT2D eigenvalue weighted by molar-refractivity contribution is 5.55. The minimum Gasteiger partial charge on any atom is -0.352 e. The lowest BCUT2D eigenvalue weighted by molar-refractivity contribution is 0.273. The molecule has 3 rings (SSSR count). The molecular formula is C18H28N2. The summed E-state index contributed by atoms with van der Waals surface area (Å²) in [5.74, 6) is 0.421. The van der Waals surface area contributed by atoms with Crippen LogP contribution in [-0.2, 0) is 0 Å². The SMILES string of the molecule is [2H]N1C(C2CCCCC2)[C@H](C)N(c2ccccc2C)C1C([2H])([2H])[2H]. The number of nitrogens with zero attached hydrogens (tertiary/aromatic N) is 1. The van der Waals surface area contributed by atoms with E-state index in [4.69, 9.17) is 5.52 Å². The molecule has 1 saturated heterocycles. The van der Waals surface area contributed by atoms with Crippen LogP contribution in [0.3, 0.4) is 0 Å². The Bertz CT molecular complexity index is 568. The van der Waals surface area contributed by atoms with Crippen LogP contribution in [0.2, 0.25) is 1.41 Å². The summed E-state index contributed by atoms with van der Waals surface area (Å²) in [7, 11) is 0. The fourth-order valence-corrected chi connectivity index (χ4v) is 3.94. The highest BCUT2D eigenvalue weighted by Gasteiger charge is 2.40. The predicted molar refractivity (Wildman–Crippen MR) is 86.1 cm³/mol. The third-order valence-electron chi connectivity index (χ3n) is 5.04. The number of nitrogens with one attached hydrogen (secondary N) is 1. The fourth-order valence-electron chi connectivity index (χ4n) is 3.94. The van der Waals surface area contributed by atoms with Crippen molar-refractivity contribution in [1.82, 2.24) is 5.31 Å². The molecule has 2 fully saturated rings. The van der Waals surface area contributed by atoms with Gasteiger partial charge in [0.2, 0.25) is 0 Å². The molecule has 0 bridgehead atoms. The average Bonchev–Trinajstić information content (AvgIpc) is 2.79. The van der Waals surface area contributed by atoms with E-state index in [0.29, 0.717) is 5.92 Å². The number of anilines is 1. The average molecular weight is 276 g/mol. The van der Waals surface area contributed by atoms with Gasteiger partial charge in [-0.25, -0.2) is 0 Å². The lowest BCUT2D eigenvalue weighted by Gasteiger charge is -2.33. The van der Waals surface area contributed by atoms with E-state index in [1.54, 1.807) is 0 Å². The van der Waals surface area contributed by atoms with Crippen LogP contribution in [0, 0.1) is 12.8 Å². The van der Waals surface area contributed by atoms with Crippen LogP contribution >= 0.6 is 0 Å². The van der Waals surface area contributed by atoms with Gasteiger partial charge in [0.15, 0.2) is 0 Å². The van der Waals surface area contributed by atoms with Gasteiger partial charge >= 0.3 is 0 Å². The van der Waals surface area contributed by atoms with Gasteiger partial charge in [-0.15, -0.1) is 0 Å². The van der Waals surface area contributed by atoms with E-state index in [-0.39, 0.29) is 12.1 Å². The number of rotatable bonds is 2. The van der Waals surface area contributed by atoms with Crippen molar-refractivity contribution in [1.29, 1.82) is 0 Å². The van der Waals surface area contributed by atoms with Crippen molar-refractivity contribution >= 4 is 5.69 Å². The van der Waals surface area contributed by atoms with Crippen molar-refractivity contribution in [2.75, 3.05) is 4.90 Å². The molecule has 1 aliphatic heterocycles. The number of aryl methyl sites for hydroxylation is 1. The van der Waals surface area contributed by atoms with Gasteiger partial charge in [-0.3, -0.25) is 5.31 Å². The van der Waals surface area contributed by atoms with Crippen LogP contribution in [0.5, 0.6) is 0 Å². The van der Waals surface area contributed by atoms with Gasteiger partial charge in [-0.1, -0.05) is 37.5 Å². The number of benzene rings is 1. The second-order valence-corrected chi connectivity index (χ2v) is 6.35. The summed E-state index contributed by atoms with van der Waals surface area (Å²) >= 11 is 0. The summed E-state index contributed by atoms with van der Waals surface area (Å²) in [4.78, 5) is 1.98. The first kappa shape index (κ1) is 9.83. The summed E-state index contributed by atoms with van der Waals surface area (Å²) in [6.07, 6.45) is 5.01. The largest absolute Gasteiger partial charge is 0.352 e. The summed E-state index contributed by atoms with van der Waals surface area (Å²) in [6, 6.07) is 7.93. The van der Waals surface area contributed by atoms with Crippen LogP contribution in [0.4, 0.5) is 5.69 Å². The van der Waals surface area contributed by atoms with Gasteiger partial charge < -0.3 is 4.90 Å². The topological polar surface area (TPSA) is 15.3 Å². The zero-order valence-electron chi connectivity index (χ0n) is 16.5. The molecule has 0 aromatic heterocycles. The Morgan fingerprint density at radius 3 is 2.70 bits per heavy atom. The first-order valence-corrected chi connectivity index (χ1v) is 7.93. The number of hydrogen-bond donors (Lipinski definition) is 1. The van der Waals surface area contributed by atoms with E-state index in [0.717, 1.165) is 24.1 Å². The number of hydrogen-bond acceptors (Lipinski definition) is 2. The zero-order valence-corrected chi connectivity index (χ0v) is 12.5. The van der Waals surface area contributed by atoms with Crippen molar-refractivity contribution in [3.05, 3.63) is 29.8 Å². The van der Waals surface area contributed by atoms with Gasteiger partial charge in [0.1, 0.15) is 1.41 Å². The molecule has 2 aliphatic rings.